The lowest BCUT2D eigenvalue weighted by molar-refractivity contribution is -0.0865. The van der Waals surface area contributed by atoms with Crippen molar-refractivity contribution in [2.75, 3.05) is 0 Å². The molecule has 0 aliphatic carbocycles. The van der Waals surface area contributed by atoms with Crippen LogP contribution in [0.4, 0.5) is 0 Å². The van der Waals surface area contributed by atoms with E-state index in [1.54, 1.807) is 13.0 Å². The molecule has 120 valence electrons. The van der Waals surface area contributed by atoms with Gasteiger partial charge in [0.1, 0.15) is 0 Å². The van der Waals surface area contributed by atoms with Crippen LogP contribution in [0.2, 0.25) is 5.02 Å². The number of sulfone groups is 1. The summed E-state index contributed by atoms with van der Waals surface area (Å²) in [5.74, 6) is 0. The quantitative estimate of drug-likeness (QED) is 0.593. The second-order valence-corrected chi connectivity index (χ2v) is 7.71. The first-order valence-electron chi connectivity index (χ1n) is 7.16. The molecule has 1 aromatic rings. The summed E-state index contributed by atoms with van der Waals surface area (Å²) >= 11 is 6.25. The Morgan fingerprint density at radius 3 is 2.33 bits per heavy atom. The van der Waals surface area contributed by atoms with E-state index in [2.05, 4.69) is 6.92 Å². The molecule has 21 heavy (non-hydrogen) atoms. The summed E-state index contributed by atoms with van der Waals surface area (Å²) in [6, 6.07) is 3.00. The van der Waals surface area contributed by atoms with Crippen LogP contribution in [0, 0.1) is 6.92 Å². The SMILES string of the molecule is CCCCCc1c(S(=O)(=O)C(O)(O)CC)ccc(C)c1Cl. The van der Waals surface area contributed by atoms with Gasteiger partial charge in [0.15, 0.2) is 0 Å². The summed E-state index contributed by atoms with van der Waals surface area (Å²) in [6.07, 6.45) is 2.96. The van der Waals surface area contributed by atoms with Gasteiger partial charge in [-0.15, -0.1) is 0 Å². The summed E-state index contributed by atoms with van der Waals surface area (Å²) in [7, 11) is -4.27. The molecule has 4 nitrogen and oxygen atoms in total. The highest BCUT2D eigenvalue weighted by atomic mass is 35.5. The van der Waals surface area contributed by atoms with Crippen LogP contribution >= 0.6 is 11.6 Å². The van der Waals surface area contributed by atoms with Crippen molar-refractivity contribution >= 4 is 21.4 Å². The van der Waals surface area contributed by atoms with E-state index in [0.717, 1.165) is 24.8 Å². The molecule has 0 atom stereocenters. The van der Waals surface area contributed by atoms with Crippen LogP contribution in [0.15, 0.2) is 17.0 Å². The third-order valence-corrected chi connectivity index (χ3v) is 6.24. The fourth-order valence-corrected chi connectivity index (χ4v) is 3.95. The van der Waals surface area contributed by atoms with Gasteiger partial charge >= 0.3 is 0 Å². The van der Waals surface area contributed by atoms with E-state index in [1.165, 1.54) is 13.0 Å². The largest absolute Gasteiger partial charge is 0.353 e. The van der Waals surface area contributed by atoms with Gasteiger partial charge in [-0.25, -0.2) is 8.42 Å². The van der Waals surface area contributed by atoms with Crippen LogP contribution in [-0.2, 0) is 16.3 Å². The fourth-order valence-electron chi connectivity index (χ4n) is 2.12. The normalized spacial score (nSPS) is 12.7. The van der Waals surface area contributed by atoms with Crippen molar-refractivity contribution in [1.82, 2.24) is 0 Å². The molecule has 0 aromatic heterocycles. The average Bonchev–Trinajstić information content (AvgIpc) is 2.43. The molecule has 0 saturated carbocycles. The molecule has 0 heterocycles. The number of hydrogen-bond acceptors (Lipinski definition) is 4. The molecule has 0 spiro atoms. The molecule has 0 bridgehead atoms. The molecule has 0 aliphatic rings. The molecule has 1 rings (SSSR count). The van der Waals surface area contributed by atoms with E-state index in [-0.39, 0.29) is 11.3 Å². The number of aryl methyl sites for hydroxylation is 1. The summed E-state index contributed by atoms with van der Waals surface area (Å²) < 4.78 is 24.9. The van der Waals surface area contributed by atoms with Gasteiger partial charge in [-0.3, -0.25) is 0 Å². The molecule has 6 heteroatoms. The maximum atomic E-state index is 12.4. The molecule has 0 unspecified atom stereocenters. The van der Waals surface area contributed by atoms with Gasteiger partial charge in [0.05, 0.1) is 4.90 Å². The maximum absolute atomic E-state index is 12.4. The molecule has 0 aliphatic heterocycles. The predicted molar refractivity (Wildman–Crippen MR) is 84.1 cm³/mol. The highest BCUT2D eigenvalue weighted by Crippen LogP contribution is 2.33. The second kappa shape index (κ2) is 7.09. The van der Waals surface area contributed by atoms with Crippen LogP contribution in [0.25, 0.3) is 0 Å². The zero-order valence-corrected chi connectivity index (χ0v) is 14.3. The number of hydrogen-bond donors (Lipinski definition) is 2. The number of halogens is 1. The van der Waals surface area contributed by atoms with Crippen molar-refractivity contribution in [3.63, 3.8) is 0 Å². The Labute approximate surface area is 131 Å². The van der Waals surface area contributed by atoms with Crippen molar-refractivity contribution < 1.29 is 18.6 Å². The molecule has 0 saturated heterocycles. The van der Waals surface area contributed by atoms with E-state index in [4.69, 9.17) is 11.6 Å². The zero-order chi connectivity index (χ0) is 16.3. The number of benzene rings is 1. The van der Waals surface area contributed by atoms with Gasteiger partial charge in [0.2, 0.25) is 9.84 Å². The lowest BCUT2D eigenvalue weighted by Gasteiger charge is -2.23. The minimum atomic E-state index is -4.27. The molecule has 1 aromatic carbocycles. The predicted octanol–water partition coefficient (Wildman–Crippen LogP) is 3.20. The molecule has 0 radical (unpaired) electrons. The van der Waals surface area contributed by atoms with Crippen LogP contribution in [0.1, 0.15) is 50.7 Å². The molecular formula is C15H23ClO4S. The Morgan fingerprint density at radius 2 is 1.81 bits per heavy atom. The van der Waals surface area contributed by atoms with Gasteiger partial charge in [0.25, 0.3) is 5.12 Å². The smallest absolute Gasteiger partial charge is 0.273 e. The topological polar surface area (TPSA) is 74.6 Å². The second-order valence-electron chi connectivity index (χ2n) is 5.23. The van der Waals surface area contributed by atoms with Gasteiger partial charge in [-0.2, -0.15) is 0 Å². The first-order chi connectivity index (χ1) is 9.69. The number of unbranched alkanes of at least 4 members (excludes halogenated alkanes) is 2. The fraction of sp³-hybridized carbons (Fsp3) is 0.600. The highest BCUT2D eigenvalue weighted by Gasteiger charge is 2.41. The monoisotopic (exact) mass is 334 g/mol. The highest BCUT2D eigenvalue weighted by molar-refractivity contribution is 7.92. The van der Waals surface area contributed by atoms with Crippen molar-refractivity contribution in [3.8, 4) is 0 Å². The minimum Gasteiger partial charge on any atom is -0.353 e. The van der Waals surface area contributed by atoms with E-state index in [0.29, 0.717) is 17.0 Å². The molecule has 0 amide bonds. The Morgan fingerprint density at radius 1 is 1.19 bits per heavy atom. The molecular weight excluding hydrogens is 312 g/mol. The number of aliphatic hydroxyl groups is 2. The van der Waals surface area contributed by atoms with Crippen molar-refractivity contribution in [2.24, 2.45) is 0 Å². The third kappa shape index (κ3) is 3.77. The Kier molecular flexibility index (Phi) is 6.23. The third-order valence-electron chi connectivity index (χ3n) is 3.60. The lowest BCUT2D eigenvalue weighted by atomic mass is 10.0. The van der Waals surface area contributed by atoms with Gasteiger partial charge in [-0.1, -0.05) is 44.4 Å². The van der Waals surface area contributed by atoms with Gasteiger partial charge in [-0.05, 0) is 37.0 Å². The Hall–Kier alpha value is -0.620. The average molecular weight is 335 g/mol. The van der Waals surface area contributed by atoms with E-state index in [9.17, 15) is 18.6 Å². The first kappa shape index (κ1) is 18.4. The van der Waals surface area contributed by atoms with Crippen molar-refractivity contribution in [3.05, 3.63) is 28.3 Å². The van der Waals surface area contributed by atoms with E-state index >= 15 is 0 Å². The van der Waals surface area contributed by atoms with Crippen LogP contribution in [0.3, 0.4) is 0 Å². The molecule has 2 N–H and O–H groups in total. The Balaban J connectivity index is 3.39. The van der Waals surface area contributed by atoms with Gasteiger partial charge in [0, 0.05) is 11.4 Å². The van der Waals surface area contributed by atoms with Crippen LogP contribution in [-0.4, -0.2) is 23.7 Å². The minimum absolute atomic E-state index is 0.0824. The maximum Gasteiger partial charge on any atom is 0.273 e. The first-order valence-corrected chi connectivity index (χ1v) is 9.02. The van der Waals surface area contributed by atoms with E-state index in [1.807, 2.05) is 0 Å². The van der Waals surface area contributed by atoms with Crippen molar-refractivity contribution in [2.45, 2.75) is 62.9 Å². The van der Waals surface area contributed by atoms with Crippen LogP contribution < -0.4 is 0 Å². The standard InChI is InChI=1S/C15H23ClO4S/c1-4-6-7-8-12-13(10-9-11(3)14(12)16)21(19,20)15(17,18)5-2/h9-10,17-18H,4-8H2,1-3H3. The Bertz CT molecular complexity index is 594. The number of rotatable bonds is 7. The summed E-state index contributed by atoms with van der Waals surface area (Å²) in [5.41, 5.74) is 1.26. The zero-order valence-electron chi connectivity index (χ0n) is 12.7. The van der Waals surface area contributed by atoms with E-state index < -0.39 is 15.0 Å². The van der Waals surface area contributed by atoms with Crippen LogP contribution in [0.5, 0.6) is 0 Å². The summed E-state index contributed by atoms with van der Waals surface area (Å²) in [4.78, 5) is -0.0824. The molecule has 0 fully saturated rings. The summed E-state index contributed by atoms with van der Waals surface area (Å²) in [5, 5.41) is 17.2. The van der Waals surface area contributed by atoms with Crippen molar-refractivity contribution in [1.29, 1.82) is 0 Å². The lowest BCUT2D eigenvalue weighted by Crippen LogP contribution is -2.38. The van der Waals surface area contributed by atoms with Gasteiger partial charge < -0.3 is 10.2 Å². The summed E-state index contributed by atoms with van der Waals surface area (Å²) in [6.45, 7) is 5.26.